The molecule has 0 bridgehead atoms. The first-order chi connectivity index (χ1) is 10.1. The highest BCUT2D eigenvalue weighted by atomic mass is 35.5. The summed E-state index contributed by atoms with van der Waals surface area (Å²) >= 11 is 11.8. The Morgan fingerprint density at radius 1 is 1.23 bits per heavy atom. The van der Waals surface area contributed by atoms with Crippen LogP contribution in [0.25, 0.3) is 0 Å². The number of carbonyl (C=O) groups excluding carboxylic acids is 2. The molecule has 22 heavy (non-hydrogen) atoms. The van der Waals surface area contributed by atoms with Crippen molar-refractivity contribution in [3.8, 4) is 0 Å². The van der Waals surface area contributed by atoms with Crippen LogP contribution in [0.2, 0.25) is 10.0 Å². The zero-order chi connectivity index (χ0) is 17.1. The van der Waals surface area contributed by atoms with Crippen LogP contribution >= 0.6 is 23.2 Å². The number of halogens is 2. The molecule has 0 radical (unpaired) electrons. The van der Waals surface area contributed by atoms with Gasteiger partial charge >= 0.3 is 5.97 Å². The monoisotopic (exact) mass is 368 g/mol. The molecule has 7 nitrogen and oxygen atoms in total. The Kier molecular flexibility index (Phi) is 6.18. The molecule has 0 aliphatic rings. The number of sulfonamides is 1. The average molecular weight is 369 g/mol. The number of methoxy groups -OCH3 is 1. The molecule has 0 heterocycles. The minimum atomic E-state index is -3.85. The van der Waals surface area contributed by atoms with E-state index >= 15 is 0 Å². The largest absolute Gasteiger partial charge is 0.468 e. The number of hydrogen-bond donors (Lipinski definition) is 1. The second kappa shape index (κ2) is 7.28. The Morgan fingerprint density at radius 2 is 1.82 bits per heavy atom. The van der Waals surface area contributed by atoms with E-state index in [0.717, 1.165) is 16.4 Å². The minimum Gasteiger partial charge on any atom is -0.468 e. The highest BCUT2D eigenvalue weighted by Crippen LogP contribution is 2.30. The maximum Gasteiger partial charge on any atom is 0.325 e. The molecular formula is C12H14Cl2N2O5S. The molecule has 122 valence electrons. The molecule has 0 aliphatic heterocycles. The van der Waals surface area contributed by atoms with Crippen LogP contribution in [0, 0.1) is 0 Å². The molecule has 10 heteroatoms. The van der Waals surface area contributed by atoms with E-state index in [2.05, 4.69) is 10.1 Å². The molecule has 0 aromatic heterocycles. The summed E-state index contributed by atoms with van der Waals surface area (Å²) in [6.45, 7) is -0.371. The quantitative estimate of drug-likeness (QED) is 0.786. The number of ether oxygens (including phenoxy) is 1. The van der Waals surface area contributed by atoms with E-state index in [0.29, 0.717) is 0 Å². The van der Waals surface area contributed by atoms with Gasteiger partial charge in [-0.1, -0.05) is 23.2 Å². The molecule has 0 saturated heterocycles. The van der Waals surface area contributed by atoms with E-state index < -0.39 is 21.9 Å². The van der Waals surface area contributed by atoms with Crippen LogP contribution in [0.5, 0.6) is 0 Å². The molecule has 0 atom stereocenters. The van der Waals surface area contributed by atoms with Crippen LogP contribution in [0.1, 0.15) is 10.4 Å². The van der Waals surface area contributed by atoms with Crippen molar-refractivity contribution in [2.24, 2.45) is 0 Å². The zero-order valence-electron chi connectivity index (χ0n) is 12.0. The first-order valence-corrected chi connectivity index (χ1v) is 8.07. The molecular weight excluding hydrogens is 355 g/mol. The molecule has 0 saturated carbocycles. The lowest BCUT2D eigenvalue weighted by atomic mass is 10.2. The Balaban J connectivity index is 3.23. The SMILES string of the molecule is COC(=O)CNC(=O)c1cc(S(=O)(=O)N(C)C)c(Cl)cc1Cl. The van der Waals surface area contributed by atoms with Crippen molar-refractivity contribution in [2.45, 2.75) is 4.90 Å². The van der Waals surface area contributed by atoms with E-state index in [4.69, 9.17) is 23.2 Å². The first kappa shape index (κ1) is 18.7. The summed E-state index contributed by atoms with van der Waals surface area (Å²) in [6, 6.07) is 2.22. The predicted molar refractivity (Wildman–Crippen MR) is 81.7 cm³/mol. The molecule has 1 aromatic rings. The summed E-state index contributed by atoms with van der Waals surface area (Å²) in [7, 11) is -0.0118. The van der Waals surface area contributed by atoms with Crippen molar-refractivity contribution in [2.75, 3.05) is 27.7 Å². The van der Waals surface area contributed by atoms with Gasteiger partial charge < -0.3 is 10.1 Å². The maximum atomic E-state index is 12.1. The second-order valence-corrected chi connectivity index (χ2v) is 7.24. The van der Waals surface area contributed by atoms with E-state index in [1.807, 2.05) is 0 Å². The third-order valence-corrected chi connectivity index (χ3v) is 5.24. The Bertz CT molecular complexity index is 704. The topological polar surface area (TPSA) is 92.8 Å². The van der Waals surface area contributed by atoms with Crippen molar-refractivity contribution in [1.29, 1.82) is 0 Å². The predicted octanol–water partition coefficient (Wildman–Crippen LogP) is 1.15. The van der Waals surface area contributed by atoms with Gasteiger partial charge in [-0.05, 0) is 12.1 Å². The number of benzene rings is 1. The third-order valence-electron chi connectivity index (χ3n) is 2.65. The summed E-state index contributed by atoms with van der Waals surface area (Å²) in [5.74, 6) is -1.37. The molecule has 0 aliphatic carbocycles. The van der Waals surface area contributed by atoms with Gasteiger partial charge in [0.1, 0.15) is 11.4 Å². The molecule has 1 N–H and O–H groups in total. The molecule has 1 amide bonds. The second-order valence-electron chi connectivity index (χ2n) is 4.31. The number of esters is 1. The van der Waals surface area contributed by atoms with E-state index in [9.17, 15) is 18.0 Å². The van der Waals surface area contributed by atoms with Crippen LogP contribution in [0.15, 0.2) is 17.0 Å². The number of carbonyl (C=O) groups is 2. The van der Waals surface area contributed by atoms with Crippen LogP contribution in [-0.4, -0.2) is 52.3 Å². The summed E-state index contributed by atoms with van der Waals surface area (Å²) in [6.07, 6.45) is 0. The Hall–Kier alpha value is -1.35. The molecule has 1 rings (SSSR count). The lowest BCUT2D eigenvalue weighted by Crippen LogP contribution is -2.30. The molecule has 1 aromatic carbocycles. The van der Waals surface area contributed by atoms with Crippen molar-refractivity contribution < 1.29 is 22.7 Å². The van der Waals surface area contributed by atoms with Gasteiger partial charge in [-0.3, -0.25) is 9.59 Å². The summed E-state index contributed by atoms with van der Waals surface area (Å²) in [5, 5.41) is 2.12. The fourth-order valence-electron chi connectivity index (χ4n) is 1.42. The standard InChI is InChI=1S/C12H14Cl2N2O5S/c1-16(2)22(19,20)10-4-7(8(13)5-9(10)14)12(18)15-6-11(17)21-3/h4-5H,6H2,1-3H3,(H,15,18). The van der Waals surface area contributed by atoms with Gasteiger partial charge in [-0.25, -0.2) is 12.7 Å². The van der Waals surface area contributed by atoms with Crippen molar-refractivity contribution in [1.82, 2.24) is 9.62 Å². The Labute approximate surface area is 138 Å². The van der Waals surface area contributed by atoms with E-state index in [1.54, 1.807) is 0 Å². The molecule has 0 unspecified atom stereocenters. The van der Waals surface area contributed by atoms with Gasteiger partial charge in [-0.2, -0.15) is 0 Å². The van der Waals surface area contributed by atoms with Crippen molar-refractivity contribution >= 4 is 45.1 Å². The lowest BCUT2D eigenvalue weighted by molar-refractivity contribution is -0.139. The Morgan fingerprint density at radius 3 is 2.32 bits per heavy atom. The van der Waals surface area contributed by atoms with Gasteiger partial charge in [0.25, 0.3) is 5.91 Å². The number of nitrogens with one attached hydrogen (secondary N) is 1. The fraction of sp³-hybridized carbons (Fsp3) is 0.333. The van der Waals surface area contributed by atoms with Crippen LogP contribution in [-0.2, 0) is 19.6 Å². The number of nitrogens with zero attached hydrogens (tertiary/aromatic N) is 1. The maximum absolute atomic E-state index is 12.1. The fourth-order valence-corrected chi connectivity index (χ4v) is 3.14. The van der Waals surface area contributed by atoms with E-state index in [-0.39, 0.29) is 27.0 Å². The average Bonchev–Trinajstić information content (AvgIpc) is 2.43. The normalized spacial score (nSPS) is 11.4. The van der Waals surface area contributed by atoms with Crippen molar-refractivity contribution in [3.63, 3.8) is 0 Å². The third kappa shape index (κ3) is 4.10. The van der Waals surface area contributed by atoms with Crippen LogP contribution < -0.4 is 5.32 Å². The van der Waals surface area contributed by atoms with Gasteiger partial charge in [0.15, 0.2) is 0 Å². The van der Waals surface area contributed by atoms with Crippen LogP contribution in [0.4, 0.5) is 0 Å². The lowest BCUT2D eigenvalue weighted by Gasteiger charge is -2.14. The van der Waals surface area contributed by atoms with Gasteiger partial charge in [0.05, 0.1) is 22.7 Å². The minimum absolute atomic E-state index is 0.0370. The summed E-state index contributed by atoms with van der Waals surface area (Å²) in [5.41, 5.74) is -0.115. The van der Waals surface area contributed by atoms with Crippen LogP contribution in [0.3, 0.4) is 0 Å². The number of hydrogen-bond acceptors (Lipinski definition) is 5. The van der Waals surface area contributed by atoms with Gasteiger partial charge in [0, 0.05) is 14.1 Å². The smallest absolute Gasteiger partial charge is 0.325 e. The summed E-state index contributed by atoms with van der Waals surface area (Å²) in [4.78, 5) is 22.7. The van der Waals surface area contributed by atoms with Gasteiger partial charge in [-0.15, -0.1) is 0 Å². The molecule has 0 fully saturated rings. The highest BCUT2D eigenvalue weighted by molar-refractivity contribution is 7.89. The van der Waals surface area contributed by atoms with E-state index in [1.165, 1.54) is 21.2 Å². The highest BCUT2D eigenvalue weighted by Gasteiger charge is 2.24. The number of rotatable bonds is 5. The first-order valence-electron chi connectivity index (χ1n) is 5.87. The summed E-state index contributed by atoms with van der Waals surface area (Å²) < 4.78 is 29.6. The van der Waals surface area contributed by atoms with Crippen molar-refractivity contribution in [3.05, 3.63) is 27.7 Å². The number of amides is 1. The van der Waals surface area contributed by atoms with Gasteiger partial charge in [0.2, 0.25) is 10.0 Å². The zero-order valence-corrected chi connectivity index (χ0v) is 14.3. The molecule has 0 spiro atoms.